The number of hydrogen-bond donors (Lipinski definition) is 2. The van der Waals surface area contributed by atoms with E-state index in [1.807, 2.05) is 35.7 Å². The van der Waals surface area contributed by atoms with Gasteiger partial charge in [0.25, 0.3) is 0 Å². The lowest BCUT2D eigenvalue weighted by Gasteiger charge is -2.17. The zero-order valence-electron chi connectivity index (χ0n) is 12.5. The van der Waals surface area contributed by atoms with E-state index in [-0.39, 0.29) is 18.6 Å². The van der Waals surface area contributed by atoms with Crippen LogP contribution in [0.2, 0.25) is 0 Å². The van der Waals surface area contributed by atoms with Crippen molar-refractivity contribution in [3.8, 4) is 0 Å². The predicted octanol–water partition coefficient (Wildman–Crippen LogP) is 1.86. The number of nitrogens with one attached hydrogen (secondary N) is 2. The molecule has 23 heavy (non-hydrogen) atoms. The number of benzene rings is 1. The molecule has 7 nitrogen and oxygen atoms in total. The van der Waals surface area contributed by atoms with E-state index in [0.717, 1.165) is 10.6 Å². The van der Waals surface area contributed by atoms with Gasteiger partial charge in [0.2, 0.25) is 0 Å². The minimum atomic E-state index is -0.290. The van der Waals surface area contributed by atoms with Crippen LogP contribution in [0.15, 0.2) is 48.2 Å². The molecule has 8 heteroatoms. The molecule has 2 heterocycles. The third-order valence-corrected chi connectivity index (χ3v) is 4.00. The molecule has 0 aliphatic heterocycles. The van der Waals surface area contributed by atoms with Crippen LogP contribution in [0.3, 0.4) is 0 Å². The van der Waals surface area contributed by atoms with Gasteiger partial charge in [-0.3, -0.25) is 4.68 Å². The minimum Gasteiger partial charge on any atom is -0.331 e. The number of amides is 2. The third kappa shape index (κ3) is 3.92. The molecule has 118 valence electrons. The first kappa shape index (κ1) is 15.2. The summed E-state index contributed by atoms with van der Waals surface area (Å²) in [5.74, 6) is 0.563. The van der Waals surface area contributed by atoms with Crippen LogP contribution in [0.4, 0.5) is 4.79 Å². The Kier molecular flexibility index (Phi) is 4.62. The molecule has 0 fully saturated rings. The minimum absolute atomic E-state index is 0.270. The SMILES string of the molecule is Cn1cnc(CNC(=O)N[C@H](c2ccccc2)c2nccs2)n1. The van der Waals surface area contributed by atoms with E-state index in [2.05, 4.69) is 25.7 Å². The molecular formula is C15H16N6OS. The van der Waals surface area contributed by atoms with Crippen molar-refractivity contribution in [2.75, 3.05) is 0 Å². The fourth-order valence-electron chi connectivity index (χ4n) is 2.12. The lowest BCUT2D eigenvalue weighted by Crippen LogP contribution is -2.38. The molecular weight excluding hydrogens is 312 g/mol. The van der Waals surface area contributed by atoms with E-state index < -0.39 is 0 Å². The molecule has 0 saturated heterocycles. The molecule has 2 N–H and O–H groups in total. The highest BCUT2D eigenvalue weighted by molar-refractivity contribution is 7.09. The maximum absolute atomic E-state index is 12.2. The molecule has 3 aromatic rings. The van der Waals surface area contributed by atoms with Crippen molar-refractivity contribution in [2.45, 2.75) is 12.6 Å². The fourth-order valence-corrected chi connectivity index (χ4v) is 2.83. The van der Waals surface area contributed by atoms with Gasteiger partial charge in [0, 0.05) is 18.6 Å². The number of carbonyl (C=O) groups excluding carboxylic acids is 1. The Morgan fingerprint density at radius 3 is 2.78 bits per heavy atom. The second-order valence-electron chi connectivity index (χ2n) is 4.88. The smallest absolute Gasteiger partial charge is 0.316 e. The molecule has 0 aliphatic carbocycles. The van der Waals surface area contributed by atoms with Crippen molar-refractivity contribution < 1.29 is 4.79 Å². The lowest BCUT2D eigenvalue weighted by molar-refractivity contribution is 0.238. The second-order valence-corrected chi connectivity index (χ2v) is 5.80. The summed E-state index contributed by atoms with van der Waals surface area (Å²) in [4.78, 5) is 20.6. The predicted molar refractivity (Wildman–Crippen MR) is 86.8 cm³/mol. The van der Waals surface area contributed by atoms with Crippen LogP contribution in [0, 0.1) is 0 Å². The van der Waals surface area contributed by atoms with Crippen molar-refractivity contribution in [1.82, 2.24) is 30.4 Å². The Morgan fingerprint density at radius 1 is 1.30 bits per heavy atom. The van der Waals surface area contributed by atoms with E-state index in [1.54, 1.807) is 24.3 Å². The normalized spacial score (nSPS) is 11.9. The van der Waals surface area contributed by atoms with E-state index in [0.29, 0.717) is 5.82 Å². The van der Waals surface area contributed by atoms with Crippen LogP contribution in [0.1, 0.15) is 22.4 Å². The summed E-state index contributed by atoms with van der Waals surface area (Å²) in [6, 6.07) is 9.17. The van der Waals surface area contributed by atoms with Crippen molar-refractivity contribution in [1.29, 1.82) is 0 Å². The molecule has 0 unspecified atom stereocenters. The molecule has 1 atom stereocenters. The number of thiazole rings is 1. The van der Waals surface area contributed by atoms with Crippen molar-refractivity contribution in [2.24, 2.45) is 7.05 Å². The number of carbonyl (C=O) groups is 1. The summed E-state index contributed by atoms with van der Waals surface area (Å²) in [5.41, 5.74) is 0.980. The molecule has 1 aromatic carbocycles. The van der Waals surface area contributed by atoms with Gasteiger partial charge in [-0.15, -0.1) is 11.3 Å². The van der Waals surface area contributed by atoms with Gasteiger partial charge in [-0.2, -0.15) is 5.10 Å². The average molecular weight is 328 g/mol. The first-order chi connectivity index (χ1) is 11.2. The van der Waals surface area contributed by atoms with Crippen LogP contribution >= 0.6 is 11.3 Å². The van der Waals surface area contributed by atoms with Crippen molar-refractivity contribution in [3.05, 3.63) is 64.6 Å². The lowest BCUT2D eigenvalue weighted by atomic mass is 10.1. The van der Waals surface area contributed by atoms with E-state index in [4.69, 9.17) is 0 Å². The Labute approximate surface area is 137 Å². The largest absolute Gasteiger partial charge is 0.331 e. The summed E-state index contributed by atoms with van der Waals surface area (Å²) < 4.78 is 1.59. The second kappa shape index (κ2) is 7.01. The van der Waals surface area contributed by atoms with Crippen LogP contribution in [-0.4, -0.2) is 25.8 Å². The van der Waals surface area contributed by atoms with Gasteiger partial charge in [0.1, 0.15) is 17.4 Å². The number of rotatable bonds is 5. The highest BCUT2D eigenvalue weighted by atomic mass is 32.1. The van der Waals surface area contributed by atoms with Gasteiger partial charge in [-0.25, -0.2) is 14.8 Å². The number of nitrogens with zero attached hydrogens (tertiary/aromatic N) is 4. The van der Waals surface area contributed by atoms with E-state index in [1.165, 1.54) is 11.3 Å². The molecule has 2 aromatic heterocycles. The van der Waals surface area contributed by atoms with Crippen LogP contribution in [0.5, 0.6) is 0 Å². The average Bonchev–Trinajstić information content (AvgIpc) is 3.23. The molecule has 0 radical (unpaired) electrons. The molecule has 0 saturated carbocycles. The summed E-state index contributed by atoms with van der Waals surface area (Å²) in [6.07, 6.45) is 3.32. The van der Waals surface area contributed by atoms with E-state index in [9.17, 15) is 4.79 Å². The van der Waals surface area contributed by atoms with Gasteiger partial charge in [0.15, 0.2) is 5.82 Å². The summed E-state index contributed by atoms with van der Waals surface area (Å²) in [7, 11) is 1.78. The number of hydrogen-bond acceptors (Lipinski definition) is 5. The van der Waals surface area contributed by atoms with Gasteiger partial charge >= 0.3 is 6.03 Å². The Morgan fingerprint density at radius 2 is 2.13 bits per heavy atom. The third-order valence-electron chi connectivity index (χ3n) is 3.16. The fraction of sp³-hybridized carbons (Fsp3) is 0.200. The molecule has 0 aliphatic rings. The molecule has 2 amide bonds. The highest BCUT2D eigenvalue weighted by Gasteiger charge is 2.19. The Balaban J connectivity index is 1.67. The Hall–Kier alpha value is -2.74. The zero-order valence-corrected chi connectivity index (χ0v) is 13.3. The van der Waals surface area contributed by atoms with Gasteiger partial charge < -0.3 is 10.6 Å². The molecule has 3 rings (SSSR count). The summed E-state index contributed by atoms with van der Waals surface area (Å²) in [5, 5.41) is 12.6. The van der Waals surface area contributed by atoms with Crippen molar-refractivity contribution in [3.63, 3.8) is 0 Å². The van der Waals surface area contributed by atoms with Crippen LogP contribution < -0.4 is 10.6 Å². The quantitative estimate of drug-likeness (QED) is 0.749. The van der Waals surface area contributed by atoms with Crippen molar-refractivity contribution >= 4 is 17.4 Å². The van der Waals surface area contributed by atoms with Crippen LogP contribution in [-0.2, 0) is 13.6 Å². The standard InChI is InChI=1S/C15H16N6OS/c1-21-10-18-12(20-21)9-17-15(22)19-13(14-16-7-8-23-14)11-5-3-2-4-6-11/h2-8,10,13H,9H2,1H3,(H2,17,19,22)/t13-/m1/s1. The number of aryl methyl sites for hydroxylation is 1. The monoisotopic (exact) mass is 328 g/mol. The maximum atomic E-state index is 12.2. The number of urea groups is 1. The molecule has 0 spiro atoms. The topological polar surface area (TPSA) is 84.7 Å². The maximum Gasteiger partial charge on any atom is 0.316 e. The number of aromatic nitrogens is 4. The Bertz CT molecular complexity index is 755. The van der Waals surface area contributed by atoms with E-state index >= 15 is 0 Å². The van der Waals surface area contributed by atoms with Gasteiger partial charge in [0.05, 0.1) is 6.54 Å². The zero-order chi connectivity index (χ0) is 16.1. The first-order valence-electron chi connectivity index (χ1n) is 7.05. The van der Waals surface area contributed by atoms with Gasteiger partial charge in [-0.1, -0.05) is 30.3 Å². The highest BCUT2D eigenvalue weighted by Crippen LogP contribution is 2.23. The summed E-state index contributed by atoms with van der Waals surface area (Å²) in [6.45, 7) is 0.270. The first-order valence-corrected chi connectivity index (χ1v) is 7.93. The van der Waals surface area contributed by atoms with Gasteiger partial charge in [-0.05, 0) is 5.56 Å². The molecule has 0 bridgehead atoms. The van der Waals surface area contributed by atoms with Crippen LogP contribution in [0.25, 0.3) is 0 Å². The summed E-state index contributed by atoms with van der Waals surface area (Å²) >= 11 is 1.50.